The molecule has 6 heteroatoms. The number of benzene rings is 2. The predicted octanol–water partition coefficient (Wildman–Crippen LogP) is 2.81. The van der Waals surface area contributed by atoms with Crippen molar-refractivity contribution in [2.45, 2.75) is 19.9 Å². The number of rotatable bonds is 5. The molecule has 130 valence electrons. The van der Waals surface area contributed by atoms with Gasteiger partial charge in [-0.05, 0) is 30.2 Å². The Hall–Kier alpha value is -3.02. The van der Waals surface area contributed by atoms with Gasteiger partial charge in [-0.15, -0.1) is 0 Å². The van der Waals surface area contributed by atoms with Crippen LogP contribution < -0.4 is 20.1 Å². The molecule has 1 aliphatic rings. The van der Waals surface area contributed by atoms with Gasteiger partial charge in [-0.25, -0.2) is 0 Å². The summed E-state index contributed by atoms with van der Waals surface area (Å²) in [4.78, 5) is 25.0. The third-order valence-electron chi connectivity index (χ3n) is 3.91. The van der Waals surface area contributed by atoms with Crippen LogP contribution in [0.5, 0.6) is 11.5 Å². The summed E-state index contributed by atoms with van der Waals surface area (Å²) in [6.07, 6.45) is 0. The molecule has 0 aliphatic carbocycles. The maximum atomic E-state index is 12.6. The monoisotopic (exact) mass is 340 g/mol. The van der Waals surface area contributed by atoms with Crippen LogP contribution >= 0.6 is 0 Å². The number of fused-ring (bicyclic) bond motifs is 1. The zero-order valence-corrected chi connectivity index (χ0v) is 14.1. The van der Waals surface area contributed by atoms with Crippen LogP contribution in [0.15, 0.2) is 48.5 Å². The van der Waals surface area contributed by atoms with E-state index in [0.717, 1.165) is 0 Å². The van der Waals surface area contributed by atoms with E-state index in [1.54, 1.807) is 42.5 Å². The van der Waals surface area contributed by atoms with Crippen LogP contribution in [0.4, 0.5) is 5.69 Å². The Labute approximate surface area is 146 Å². The van der Waals surface area contributed by atoms with Crippen molar-refractivity contribution >= 4 is 17.5 Å². The van der Waals surface area contributed by atoms with Crippen molar-refractivity contribution in [1.29, 1.82) is 0 Å². The molecule has 0 bridgehead atoms. The van der Waals surface area contributed by atoms with E-state index < -0.39 is 6.04 Å². The number of hydrogen-bond donors (Lipinski definition) is 2. The number of ether oxygens (including phenoxy) is 2. The molecule has 0 saturated heterocycles. The molecular formula is C19H20N2O4. The predicted molar refractivity (Wildman–Crippen MR) is 93.7 cm³/mol. The summed E-state index contributed by atoms with van der Waals surface area (Å²) in [5, 5.41) is 5.62. The van der Waals surface area contributed by atoms with Gasteiger partial charge in [0, 0.05) is 17.3 Å². The Morgan fingerprint density at radius 2 is 1.72 bits per heavy atom. The number of hydrogen-bond acceptors (Lipinski definition) is 4. The van der Waals surface area contributed by atoms with Crippen LogP contribution in [-0.2, 0) is 4.79 Å². The van der Waals surface area contributed by atoms with Crippen molar-refractivity contribution in [3.63, 3.8) is 0 Å². The smallest absolute Gasteiger partial charge is 0.251 e. The van der Waals surface area contributed by atoms with Gasteiger partial charge in [-0.3, -0.25) is 9.59 Å². The van der Waals surface area contributed by atoms with Crippen molar-refractivity contribution in [2.75, 3.05) is 12.1 Å². The van der Waals surface area contributed by atoms with Gasteiger partial charge in [0.1, 0.15) is 6.04 Å². The molecule has 0 spiro atoms. The largest absolute Gasteiger partial charge is 0.454 e. The number of carbonyl (C=O) groups is 2. The Morgan fingerprint density at radius 1 is 1.00 bits per heavy atom. The third-order valence-corrected chi connectivity index (χ3v) is 3.91. The van der Waals surface area contributed by atoms with E-state index in [2.05, 4.69) is 10.6 Å². The Morgan fingerprint density at radius 3 is 2.44 bits per heavy atom. The molecule has 0 fully saturated rings. The minimum atomic E-state index is -0.655. The first kappa shape index (κ1) is 16.8. The first-order valence-corrected chi connectivity index (χ1v) is 8.11. The lowest BCUT2D eigenvalue weighted by atomic mass is 10.0. The molecule has 25 heavy (non-hydrogen) atoms. The summed E-state index contributed by atoms with van der Waals surface area (Å²) in [5.41, 5.74) is 1.11. The molecule has 1 heterocycles. The minimum absolute atomic E-state index is 0.0679. The maximum absolute atomic E-state index is 12.6. The summed E-state index contributed by atoms with van der Waals surface area (Å²) >= 11 is 0. The second kappa shape index (κ2) is 7.25. The van der Waals surface area contributed by atoms with E-state index in [1.807, 2.05) is 19.9 Å². The van der Waals surface area contributed by atoms with Gasteiger partial charge in [0.25, 0.3) is 5.91 Å². The number of amides is 2. The highest BCUT2D eigenvalue weighted by Gasteiger charge is 2.25. The Kier molecular flexibility index (Phi) is 4.88. The number of nitrogens with one attached hydrogen (secondary N) is 2. The topological polar surface area (TPSA) is 76.7 Å². The molecule has 1 atom stereocenters. The normalized spacial score (nSPS) is 13.4. The van der Waals surface area contributed by atoms with Crippen molar-refractivity contribution < 1.29 is 19.1 Å². The zero-order valence-electron chi connectivity index (χ0n) is 14.1. The molecule has 1 unspecified atom stereocenters. The molecule has 0 saturated carbocycles. The highest BCUT2D eigenvalue weighted by atomic mass is 16.7. The minimum Gasteiger partial charge on any atom is -0.454 e. The van der Waals surface area contributed by atoms with Gasteiger partial charge in [0.15, 0.2) is 11.5 Å². The van der Waals surface area contributed by atoms with Crippen LogP contribution in [0.2, 0.25) is 0 Å². The maximum Gasteiger partial charge on any atom is 0.251 e. The van der Waals surface area contributed by atoms with Crippen LogP contribution in [0.3, 0.4) is 0 Å². The van der Waals surface area contributed by atoms with Gasteiger partial charge in [0.05, 0.1) is 0 Å². The highest BCUT2D eigenvalue weighted by molar-refractivity contribution is 6.01. The Bertz CT molecular complexity index is 774. The van der Waals surface area contributed by atoms with Gasteiger partial charge >= 0.3 is 0 Å². The molecule has 0 radical (unpaired) electrons. The molecule has 2 aromatic carbocycles. The third kappa shape index (κ3) is 3.91. The van der Waals surface area contributed by atoms with E-state index in [1.165, 1.54) is 0 Å². The van der Waals surface area contributed by atoms with Crippen LogP contribution in [-0.4, -0.2) is 24.6 Å². The average Bonchev–Trinajstić information content (AvgIpc) is 3.07. The summed E-state index contributed by atoms with van der Waals surface area (Å²) < 4.78 is 10.6. The zero-order chi connectivity index (χ0) is 17.8. The first-order chi connectivity index (χ1) is 12.0. The molecule has 3 rings (SSSR count). The standard InChI is InChI=1S/C19H20N2O4/c1-12(2)17(21-18(22)13-6-4-3-5-7-13)19(23)20-14-8-9-15-16(10-14)25-11-24-15/h3-10,12,17H,11H2,1-2H3,(H,20,23)(H,21,22). The van der Waals surface area contributed by atoms with Crippen molar-refractivity contribution in [3.8, 4) is 11.5 Å². The van der Waals surface area contributed by atoms with Gasteiger partial charge < -0.3 is 20.1 Å². The summed E-state index contributed by atoms with van der Waals surface area (Å²) in [6, 6.07) is 13.4. The second-order valence-corrected chi connectivity index (χ2v) is 6.12. The molecule has 2 amide bonds. The van der Waals surface area contributed by atoms with Crippen molar-refractivity contribution in [1.82, 2.24) is 5.32 Å². The summed E-state index contributed by atoms with van der Waals surface area (Å²) in [7, 11) is 0. The van der Waals surface area contributed by atoms with E-state index in [9.17, 15) is 9.59 Å². The lowest BCUT2D eigenvalue weighted by Gasteiger charge is -2.22. The number of anilines is 1. The summed E-state index contributed by atoms with van der Waals surface area (Å²) in [5.74, 6) is 0.614. The number of carbonyl (C=O) groups excluding carboxylic acids is 2. The van der Waals surface area contributed by atoms with E-state index in [-0.39, 0.29) is 24.5 Å². The molecule has 6 nitrogen and oxygen atoms in total. The van der Waals surface area contributed by atoms with Crippen molar-refractivity contribution in [3.05, 3.63) is 54.1 Å². The quantitative estimate of drug-likeness (QED) is 0.877. The van der Waals surface area contributed by atoms with Gasteiger partial charge in [-0.2, -0.15) is 0 Å². The Balaban J connectivity index is 1.70. The van der Waals surface area contributed by atoms with Crippen LogP contribution in [0, 0.1) is 5.92 Å². The van der Waals surface area contributed by atoms with Gasteiger partial charge in [-0.1, -0.05) is 32.0 Å². The van der Waals surface area contributed by atoms with Gasteiger partial charge in [0.2, 0.25) is 12.7 Å². The van der Waals surface area contributed by atoms with E-state index >= 15 is 0 Å². The fraction of sp³-hybridized carbons (Fsp3) is 0.263. The SMILES string of the molecule is CC(C)C(NC(=O)c1ccccc1)C(=O)Nc1ccc2c(c1)OCO2. The molecule has 2 aromatic rings. The lowest BCUT2D eigenvalue weighted by molar-refractivity contribution is -0.118. The fourth-order valence-electron chi connectivity index (χ4n) is 2.54. The molecular weight excluding hydrogens is 320 g/mol. The second-order valence-electron chi connectivity index (χ2n) is 6.12. The molecule has 0 aromatic heterocycles. The molecule has 1 aliphatic heterocycles. The highest BCUT2D eigenvalue weighted by Crippen LogP contribution is 2.34. The van der Waals surface area contributed by atoms with Crippen molar-refractivity contribution in [2.24, 2.45) is 5.92 Å². The van der Waals surface area contributed by atoms with Crippen LogP contribution in [0.1, 0.15) is 24.2 Å². The lowest BCUT2D eigenvalue weighted by Crippen LogP contribution is -2.47. The molecule has 2 N–H and O–H groups in total. The average molecular weight is 340 g/mol. The van der Waals surface area contributed by atoms with E-state index in [4.69, 9.17) is 9.47 Å². The van der Waals surface area contributed by atoms with Crippen LogP contribution in [0.25, 0.3) is 0 Å². The van der Waals surface area contributed by atoms with E-state index in [0.29, 0.717) is 22.7 Å². The fourth-order valence-corrected chi connectivity index (χ4v) is 2.54. The first-order valence-electron chi connectivity index (χ1n) is 8.11. The summed E-state index contributed by atoms with van der Waals surface area (Å²) in [6.45, 7) is 3.94.